The number of para-hydroxylation sites is 1. The third-order valence-electron chi connectivity index (χ3n) is 3.82. The van der Waals surface area contributed by atoms with Gasteiger partial charge in [-0.25, -0.2) is 0 Å². The second-order valence-electron chi connectivity index (χ2n) is 5.82. The zero-order valence-corrected chi connectivity index (χ0v) is 15.5. The molecule has 7 nitrogen and oxygen atoms in total. The molecule has 1 heterocycles. The summed E-state index contributed by atoms with van der Waals surface area (Å²) < 4.78 is 1.91. The second kappa shape index (κ2) is 8.50. The van der Waals surface area contributed by atoms with Crippen LogP contribution in [0.2, 0.25) is 0 Å². The van der Waals surface area contributed by atoms with E-state index >= 15 is 0 Å². The zero-order valence-electron chi connectivity index (χ0n) is 14.7. The van der Waals surface area contributed by atoms with Gasteiger partial charge in [-0.05, 0) is 19.1 Å². The molecule has 2 aromatic carbocycles. The summed E-state index contributed by atoms with van der Waals surface area (Å²) in [5.74, 6) is -0.0882. The van der Waals surface area contributed by atoms with E-state index in [0.717, 1.165) is 11.3 Å². The van der Waals surface area contributed by atoms with Crippen LogP contribution in [0.25, 0.3) is 17.1 Å². The van der Waals surface area contributed by atoms with E-state index in [1.165, 1.54) is 11.8 Å². The summed E-state index contributed by atoms with van der Waals surface area (Å²) in [6.07, 6.45) is 0. The molecule has 0 saturated heterocycles. The van der Waals surface area contributed by atoms with Crippen LogP contribution in [-0.4, -0.2) is 38.4 Å². The highest BCUT2D eigenvalue weighted by molar-refractivity contribution is 7.99. The topological polar surface area (TPSA) is 103 Å². The lowest BCUT2D eigenvalue weighted by Crippen LogP contribution is -2.42. The molecular formula is C19H19N5O2S. The first-order valence-corrected chi connectivity index (χ1v) is 9.32. The number of nitrogens with zero attached hydrogens (tertiary/aromatic N) is 3. The van der Waals surface area contributed by atoms with E-state index in [4.69, 9.17) is 5.73 Å². The van der Waals surface area contributed by atoms with Crippen molar-refractivity contribution in [2.24, 2.45) is 5.73 Å². The number of benzene rings is 2. The van der Waals surface area contributed by atoms with Crippen LogP contribution >= 0.6 is 11.8 Å². The molecule has 0 spiro atoms. The number of carbonyl (C=O) groups excluding carboxylic acids is 2. The van der Waals surface area contributed by atoms with Crippen molar-refractivity contribution in [1.29, 1.82) is 0 Å². The Balaban J connectivity index is 1.87. The molecule has 0 unspecified atom stereocenters. The maximum atomic E-state index is 12.1. The van der Waals surface area contributed by atoms with Crippen molar-refractivity contribution in [2.45, 2.75) is 18.1 Å². The van der Waals surface area contributed by atoms with Gasteiger partial charge in [0.25, 0.3) is 0 Å². The Hall–Kier alpha value is -3.13. The Morgan fingerprint density at radius 3 is 2.33 bits per heavy atom. The number of nitrogens with one attached hydrogen (secondary N) is 1. The number of thioether (sulfide) groups is 1. The molecule has 0 aliphatic rings. The monoisotopic (exact) mass is 381 g/mol. The van der Waals surface area contributed by atoms with Gasteiger partial charge in [-0.1, -0.05) is 60.3 Å². The van der Waals surface area contributed by atoms with Gasteiger partial charge < -0.3 is 11.1 Å². The van der Waals surface area contributed by atoms with E-state index in [-0.39, 0.29) is 11.7 Å². The standard InChI is InChI=1S/C19H19N5O2S/c1-13(17(20)26)21-16(25)12-27-19-23-22-18(14-8-4-2-5-9-14)24(19)15-10-6-3-7-11-15/h2-11,13H,12H2,1H3,(H2,20,26)(H,21,25)/t13-/m0/s1. The molecule has 3 aromatic rings. The summed E-state index contributed by atoms with van der Waals surface area (Å²) in [6.45, 7) is 1.55. The van der Waals surface area contributed by atoms with Crippen LogP contribution in [0.3, 0.4) is 0 Å². The molecule has 2 amide bonds. The normalized spacial score (nSPS) is 11.7. The van der Waals surface area contributed by atoms with Gasteiger partial charge in [0.05, 0.1) is 5.75 Å². The highest BCUT2D eigenvalue weighted by atomic mass is 32.2. The molecular weight excluding hydrogens is 362 g/mol. The predicted octanol–water partition coefficient (Wildman–Crippen LogP) is 2.02. The largest absolute Gasteiger partial charge is 0.368 e. The van der Waals surface area contributed by atoms with E-state index in [2.05, 4.69) is 15.5 Å². The summed E-state index contributed by atoms with van der Waals surface area (Å²) in [4.78, 5) is 23.1. The molecule has 0 bridgehead atoms. The SMILES string of the molecule is C[C@H](NC(=O)CSc1nnc(-c2ccccc2)n1-c1ccccc1)C(N)=O. The first-order chi connectivity index (χ1) is 13.1. The van der Waals surface area contributed by atoms with Gasteiger partial charge in [0, 0.05) is 11.3 Å². The molecule has 0 radical (unpaired) electrons. The highest BCUT2D eigenvalue weighted by Gasteiger charge is 2.18. The molecule has 0 fully saturated rings. The number of aromatic nitrogens is 3. The molecule has 1 atom stereocenters. The van der Waals surface area contributed by atoms with Crippen molar-refractivity contribution >= 4 is 23.6 Å². The molecule has 1 aromatic heterocycles. The minimum atomic E-state index is -0.718. The maximum Gasteiger partial charge on any atom is 0.239 e. The summed E-state index contributed by atoms with van der Waals surface area (Å²) in [5.41, 5.74) is 6.99. The fourth-order valence-electron chi connectivity index (χ4n) is 2.43. The van der Waals surface area contributed by atoms with E-state index in [1.54, 1.807) is 6.92 Å². The first-order valence-electron chi connectivity index (χ1n) is 8.34. The van der Waals surface area contributed by atoms with Gasteiger partial charge in [0.15, 0.2) is 11.0 Å². The number of amides is 2. The quantitative estimate of drug-likeness (QED) is 0.610. The minimum absolute atomic E-state index is 0.0946. The molecule has 3 N–H and O–H groups in total. The summed E-state index contributed by atoms with van der Waals surface area (Å²) in [7, 11) is 0. The summed E-state index contributed by atoms with van der Waals surface area (Å²) >= 11 is 1.24. The lowest BCUT2D eigenvalue weighted by atomic mass is 10.2. The van der Waals surface area contributed by atoms with Crippen molar-refractivity contribution in [3.05, 3.63) is 60.7 Å². The van der Waals surface area contributed by atoms with Gasteiger partial charge >= 0.3 is 0 Å². The fourth-order valence-corrected chi connectivity index (χ4v) is 3.19. The molecule has 138 valence electrons. The van der Waals surface area contributed by atoms with Crippen LogP contribution < -0.4 is 11.1 Å². The average molecular weight is 381 g/mol. The van der Waals surface area contributed by atoms with Gasteiger partial charge in [-0.15, -0.1) is 10.2 Å². The van der Waals surface area contributed by atoms with Crippen LogP contribution in [-0.2, 0) is 9.59 Å². The van der Waals surface area contributed by atoms with E-state index in [0.29, 0.717) is 11.0 Å². The summed E-state index contributed by atoms with van der Waals surface area (Å²) in [6, 6.07) is 18.7. The Labute approximate surface area is 161 Å². The Morgan fingerprint density at radius 1 is 1.07 bits per heavy atom. The van der Waals surface area contributed by atoms with E-state index in [1.807, 2.05) is 65.2 Å². The van der Waals surface area contributed by atoms with Crippen molar-refractivity contribution in [1.82, 2.24) is 20.1 Å². The van der Waals surface area contributed by atoms with Gasteiger partial charge in [0.1, 0.15) is 6.04 Å². The molecule has 3 rings (SSSR count). The number of hydrogen-bond donors (Lipinski definition) is 2. The smallest absolute Gasteiger partial charge is 0.239 e. The van der Waals surface area contributed by atoms with Crippen LogP contribution in [0.15, 0.2) is 65.8 Å². The van der Waals surface area contributed by atoms with Crippen molar-refractivity contribution in [3.63, 3.8) is 0 Å². The number of carbonyl (C=O) groups is 2. The number of hydrogen-bond acceptors (Lipinski definition) is 5. The maximum absolute atomic E-state index is 12.1. The minimum Gasteiger partial charge on any atom is -0.368 e. The molecule has 0 aliphatic heterocycles. The highest BCUT2D eigenvalue weighted by Crippen LogP contribution is 2.27. The molecule has 0 aliphatic carbocycles. The van der Waals surface area contributed by atoms with Gasteiger partial charge in [-0.3, -0.25) is 14.2 Å². The van der Waals surface area contributed by atoms with E-state index in [9.17, 15) is 9.59 Å². The third kappa shape index (κ3) is 4.53. The van der Waals surface area contributed by atoms with Crippen LogP contribution in [0.1, 0.15) is 6.92 Å². The van der Waals surface area contributed by atoms with Crippen molar-refractivity contribution < 1.29 is 9.59 Å². The van der Waals surface area contributed by atoms with Crippen LogP contribution in [0, 0.1) is 0 Å². The molecule has 27 heavy (non-hydrogen) atoms. The fraction of sp³-hybridized carbons (Fsp3) is 0.158. The number of nitrogens with two attached hydrogens (primary N) is 1. The predicted molar refractivity (Wildman–Crippen MR) is 104 cm³/mol. The number of primary amides is 1. The summed E-state index contributed by atoms with van der Waals surface area (Å²) in [5, 5.41) is 11.7. The van der Waals surface area contributed by atoms with Gasteiger partial charge in [0.2, 0.25) is 11.8 Å². The lowest BCUT2D eigenvalue weighted by molar-refractivity contribution is -0.125. The Kier molecular flexibility index (Phi) is 5.87. The van der Waals surface area contributed by atoms with Crippen LogP contribution in [0.5, 0.6) is 0 Å². The Bertz CT molecular complexity index is 928. The van der Waals surface area contributed by atoms with Crippen LogP contribution in [0.4, 0.5) is 0 Å². The lowest BCUT2D eigenvalue weighted by Gasteiger charge is -2.11. The van der Waals surface area contributed by atoms with Crippen molar-refractivity contribution in [2.75, 3.05) is 5.75 Å². The van der Waals surface area contributed by atoms with Gasteiger partial charge in [-0.2, -0.15) is 0 Å². The Morgan fingerprint density at radius 2 is 1.70 bits per heavy atom. The average Bonchev–Trinajstić information content (AvgIpc) is 3.11. The number of rotatable bonds is 7. The molecule has 8 heteroatoms. The van der Waals surface area contributed by atoms with Crippen molar-refractivity contribution in [3.8, 4) is 17.1 Å². The van der Waals surface area contributed by atoms with E-state index < -0.39 is 11.9 Å². The second-order valence-corrected chi connectivity index (χ2v) is 6.77. The molecule has 0 saturated carbocycles. The first kappa shape index (κ1) is 18.7. The third-order valence-corrected chi connectivity index (χ3v) is 4.75. The zero-order chi connectivity index (χ0) is 19.2.